The van der Waals surface area contributed by atoms with Crippen molar-refractivity contribution in [2.45, 2.75) is 56.9 Å². The third-order valence-electron chi connectivity index (χ3n) is 9.23. The van der Waals surface area contributed by atoms with Crippen molar-refractivity contribution in [1.29, 1.82) is 0 Å². The van der Waals surface area contributed by atoms with Crippen LogP contribution in [0.15, 0.2) is 77.7 Å². The van der Waals surface area contributed by atoms with Crippen molar-refractivity contribution in [3.63, 3.8) is 0 Å². The smallest absolute Gasteiger partial charge is 0.260 e. The number of anilines is 1. The lowest BCUT2D eigenvalue weighted by Gasteiger charge is -2.44. The second-order valence-electron chi connectivity index (χ2n) is 12.5. The van der Waals surface area contributed by atoms with E-state index < -0.39 is 0 Å². The van der Waals surface area contributed by atoms with Crippen LogP contribution in [0.4, 0.5) is 10.1 Å². The Balaban J connectivity index is 0.997. The lowest BCUT2D eigenvalue weighted by atomic mass is 9.92. The molecule has 3 fully saturated rings. The molecule has 45 heavy (non-hydrogen) atoms. The number of rotatable bonds is 9. The van der Waals surface area contributed by atoms with Crippen LogP contribution in [0.25, 0.3) is 6.08 Å². The molecule has 1 aliphatic carbocycles. The number of amides is 2. The topological polar surface area (TPSA) is 55.9 Å². The molecule has 6 rings (SSSR count). The molecule has 6 nitrogen and oxygen atoms in total. The molecule has 2 heterocycles. The molecule has 0 radical (unpaired) electrons. The summed E-state index contributed by atoms with van der Waals surface area (Å²) in [5, 5.41) is 3.47. The normalized spacial score (nSPS) is 21.6. The zero-order valence-corrected chi connectivity index (χ0v) is 26.9. The van der Waals surface area contributed by atoms with Crippen molar-refractivity contribution in [3.8, 4) is 0 Å². The fraction of sp³-hybridized carbons (Fsp3) is 0.405. The summed E-state index contributed by atoms with van der Waals surface area (Å²) in [5.41, 5.74) is 4.61. The highest BCUT2D eigenvalue weighted by molar-refractivity contribution is 8.04. The van der Waals surface area contributed by atoms with Gasteiger partial charge in [0, 0.05) is 56.1 Å². The maximum atomic E-state index is 14.1. The number of aryl methyl sites for hydroxylation is 1. The van der Waals surface area contributed by atoms with Crippen molar-refractivity contribution in [3.05, 3.63) is 106 Å². The number of halogens is 1. The summed E-state index contributed by atoms with van der Waals surface area (Å²) < 4.78 is 14.1. The van der Waals surface area contributed by atoms with Gasteiger partial charge in [-0.2, -0.15) is 0 Å². The SMILES string of the molecule is Cc1cccc(CN2C(=O)/C(=C\c3ccc(C(=O)NCCCN4CCN(c5ccccc5F)CC4)cc3)SC3CCCCC32)c1. The molecule has 3 aromatic rings. The van der Waals surface area contributed by atoms with Crippen molar-refractivity contribution in [2.24, 2.45) is 0 Å². The highest BCUT2D eigenvalue weighted by Gasteiger charge is 2.40. The molecule has 1 N–H and O–H groups in total. The van der Waals surface area contributed by atoms with Gasteiger partial charge in [-0.25, -0.2) is 4.39 Å². The van der Waals surface area contributed by atoms with E-state index in [1.807, 2.05) is 42.5 Å². The highest BCUT2D eigenvalue weighted by atomic mass is 32.2. The third kappa shape index (κ3) is 7.79. The minimum atomic E-state index is -0.169. The average Bonchev–Trinajstić information content (AvgIpc) is 3.06. The van der Waals surface area contributed by atoms with Crippen LogP contribution in [0.5, 0.6) is 0 Å². The van der Waals surface area contributed by atoms with Crippen molar-refractivity contribution in [2.75, 3.05) is 44.2 Å². The highest BCUT2D eigenvalue weighted by Crippen LogP contribution is 2.42. The number of hydrogen-bond acceptors (Lipinski definition) is 5. The number of nitrogens with one attached hydrogen (secondary N) is 1. The van der Waals surface area contributed by atoms with Gasteiger partial charge < -0.3 is 15.1 Å². The maximum Gasteiger partial charge on any atom is 0.260 e. The van der Waals surface area contributed by atoms with E-state index in [-0.39, 0.29) is 23.7 Å². The van der Waals surface area contributed by atoms with Gasteiger partial charge in [-0.3, -0.25) is 14.5 Å². The second kappa shape index (κ2) is 14.6. The fourth-order valence-corrected chi connectivity index (χ4v) is 8.25. The van der Waals surface area contributed by atoms with Crippen LogP contribution >= 0.6 is 11.8 Å². The first kappa shape index (κ1) is 31.4. The fourth-order valence-electron chi connectivity index (χ4n) is 6.78. The molecular formula is C37H43FN4O2S. The second-order valence-corrected chi connectivity index (χ2v) is 13.7. The summed E-state index contributed by atoms with van der Waals surface area (Å²) >= 11 is 1.74. The van der Waals surface area contributed by atoms with Crippen LogP contribution < -0.4 is 10.2 Å². The number of benzene rings is 3. The van der Waals surface area contributed by atoms with Gasteiger partial charge in [0.2, 0.25) is 0 Å². The van der Waals surface area contributed by atoms with Gasteiger partial charge >= 0.3 is 0 Å². The van der Waals surface area contributed by atoms with Gasteiger partial charge in [0.1, 0.15) is 5.82 Å². The molecule has 2 aliphatic heterocycles. The van der Waals surface area contributed by atoms with E-state index in [9.17, 15) is 14.0 Å². The number of para-hydroxylation sites is 1. The van der Waals surface area contributed by atoms with Gasteiger partial charge in [-0.15, -0.1) is 11.8 Å². The van der Waals surface area contributed by atoms with Crippen LogP contribution in [0.1, 0.15) is 59.2 Å². The average molecular weight is 627 g/mol. The molecule has 0 bridgehead atoms. The summed E-state index contributed by atoms with van der Waals surface area (Å²) in [5.74, 6) is -0.144. The summed E-state index contributed by atoms with van der Waals surface area (Å²) in [6, 6.07) is 23.2. The van der Waals surface area contributed by atoms with Crippen LogP contribution in [0.2, 0.25) is 0 Å². The van der Waals surface area contributed by atoms with Crippen molar-refractivity contribution in [1.82, 2.24) is 15.1 Å². The Kier molecular flexibility index (Phi) is 10.2. The largest absolute Gasteiger partial charge is 0.367 e. The number of hydrogen-bond donors (Lipinski definition) is 1. The summed E-state index contributed by atoms with van der Waals surface area (Å²) in [7, 11) is 0. The molecule has 3 aromatic carbocycles. The predicted octanol–water partition coefficient (Wildman–Crippen LogP) is 6.50. The Bertz CT molecular complexity index is 1520. The quantitative estimate of drug-likeness (QED) is 0.217. The van der Waals surface area contributed by atoms with E-state index in [0.717, 1.165) is 62.5 Å². The molecule has 1 saturated carbocycles. The van der Waals surface area contributed by atoms with Gasteiger partial charge in [-0.05, 0) is 74.2 Å². The predicted molar refractivity (Wildman–Crippen MR) is 182 cm³/mol. The summed E-state index contributed by atoms with van der Waals surface area (Å²) in [6.45, 7) is 7.59. The molecule has 236 valence electrons. The minimum absolute atomic E-state index is 0.0870. The van der Waals surface area contributed by atoms with Crippen LogP contribution in [0, 0.1) is 12.7 Å². The van der Waals surface area contributed by atoms with Gasteiger partial charge in [-0.1, -0.05) is 66.9 Å². The molecule has 0 aromatic heterocycles. The number of thioether (sulfide) groups is 1. The summed E-state index contributed by atoms with van der Waals surface area (Å²) in [6.07, 6.45) is 7.44. The Morgan fingerprint density at radius 2 is 1.76 bits per heavy atom. The van der Waals surface area contributed by atoms with Gasteiger partial charge in [0.05, 0.1) is 10.6 Å². The zero-order chi connectivity index (χ0) is 31.2. The minimum Gasteiger partial charge on any atom is -0.367 e. The lowest BCUT2D eigenvalue weighted by molar-refractivity contribution is -0.130. The number of fused-ring (bicyclic) bond motifs is 1. The first-order valence-electron chi connectivity index (χ1n) is 16.3. The number of nitrogens with zero attached hydrogens (tertiary/aromatic N) is 3. The van der Waals surface area contributed by atoms with Crippen LogP contribution in [-0.4, -0.2) is 72.2 Å². The lowest BCUT2D eigenvalue weighted by Crippen LogP contribution is -2.50. The maximum absolute atomic E-state index is 14.1. The van der Waals surface area contributed by atoms with E-state index in [1.54, 1.807) is 17.8 Å². The van der Waals surface area contributed by atoms with E-state index in [4.69, 9.17) is 0 Å². The standard InChI is InChI=1S/C37H43FN4O2S/c1-27-8-6-9-29(24-27)26-42-33-12-4-5-13-34(33)45-35(37(42)44)25-28-14-16-30(17-15-28)36(43)39-18-7-19-40-20-22-41(23-21-40)32-11-3-2-10-31(32)38/h2-3,6,8-11,14-17,24-25,33-34H,4-5,7,12-13,18-23,26H2,1H3,(H,39,43)/b35-25+. The Morgan fingerprint density at radius 1 is 0.978 bits per heavy atom. The van der Waals surface area contributed by atoms with Gasteiger partial charge in [0.15, 0.2) is 0 Å². The Labute approximate surface area is 270 Å². The van der Waals surface area contributed by atoms with E-state index >= 15 is 0 Å². The summed E-state index contributed by atoms with van der Waals surface area (Å²) in [4.78, 5) is 34.0. The molecular weight excluding hydrogens is 583 g/mol. The van der Waals surface area contributed by atoms with E-state index in [1.165, 1.54) is 30.0 Å². The zero-order valence-electron chi connectivity index (χ0n) is 26.1. The number of piperazine rings is 1. The van der Waals surface area contributed by atoms with Crippen LogP contribution in [-0.2, 0) is 11.3 Å². The molecule has 8 heteroatoms. The number of carbonyl (C=O) groups excluding carboxylic acids is 2. The molecule has 2 saturated heterocycles. The first-order valence-corrected chi connectivity index (χ1v) is 17.2. The monoisotopic (exact) mass is 626 g/mol. The van der Waals surface area contributed by atoms with E-state index in [2.05, 4.69) is 51.2 Å². The third-order valence-corrected chi connectivity index (χ3v) is 10.6. The van der Waals surface area contributed by atoms with Crippen molar-refractivity contribution >= 4 is 35.3 Å². The molecule has 3 aliphatic rings. The molecule has 2 amide bonds. The van der Waals surface area contributed by atoms with Crippen LogP contribution in [0.3, 0.4) is 0 Å². The number of carbonyl (C=O) groups is 2. The molecule has 2 unspecified atom stereocenters. The molecule has 2 atom stereocenters. The Hall–Kier alpha value is -3.62. The molecule has 0 spiro atoms. The van der Waals surface area contributed by atoms with Gasteiger partial charge in [0.25, 0.3) is 11.8 Å². The Morgan fingerprint density at radius 3 is 2.53 bits per heavy atom. The van der Waals surface area contributed by atoms with Crippen molar-refractivity contribution < 1.29 is 14.0 Å². The van der Waals surface area contributed by atoms with E-state index in [0.29, 0.717) is 29.6 Å². The first-order chi connectivity index (χ1) is 21.9.